The minimum atomic E-state index is -0.697. The van der Waals surface area contributed by atoms with Gasteiger partial charge in [0.1, 0.15) is 6.04 Å². The van der Waals surface area contributed by atoms with Crippen LogP contribution in [0, 0.1) is 5.92 Å². The van der Waals surface area contributed by atoms with E-state index in [1.165, 1.54) is 0 Å². The van der Waals surface area contributed by atoms with E-state index in [1.54, 1.807) is 0 Å². The van der Waals surface area contributed by atoms with Crippen LogP contribution in [-0.2, 0) is 9.53 Å². The Kier molecular flexibility index (Phi) is 3.26. The maximum Gasteiger partial charge on any atom is 0.320 e. The molecule has 0 aromatic rings. The quantitative estimate of drug-likeness (QED) is 0.691. The Balaban J connectivity index is 1.70. The number of carboxylic acids is 1. The van der Waals surface area contributed by atoms with Crippen molar-refractivity contribution in [2.75, 3.05) is 6.61 Å². The Hall–Kier alpha value is -0.610. The maximum absolute atomic E-state index is 11.0. The molecule has 15 heavy (non-hydrogen) atoms. The molecule has 4 nitrogen and oxygen atoms in total. The molecule has 2 N–H and O–H groups in total. The molecule has 0 radical (unpaired) electrons. The molecule has 0 aliphatic heterocycles. The van der Waals surface area contributed by atoms with Crippen LogP contribution in [0.15, 0.2) is 0 Å². The minimum absolute atomic E-state index is 0.322. The Morgan fingerprint density at radius 2 is 2.20 bits per heavy atom. The van der Waals surface area contributed by atoms with Gasteiger partial charge in [0, 0.05) is 12.6 Å². The Morgan fingerprint density at radius 1 is 1.53 bits per heavy atom. The van der Waals surface area contributed by atoms with Crippen molar-refractivity contribution in [2.24, 2.45) is 5.92 Å². The number of carbonyl (C=O) groups is 1. The fraction of sp³-hybridized carbons (Fsp3) is 0.909. The molecule has 1 unspecified atom stereocenters. The van der Waals surface area contributed by atoms with Crippen molar-refractivity contribution >= 4 is 5.97 Å². The highest BCUT2D eigenvalue weighted by Gasteiger charge is 2.40. The molecule has 0 heterocycles. The van der Waals surface area contributed by atoms with Gasteiger partial charge in [0.15, 0.2) is 0 Å². The first-order valence-electron chi connectivity index (χ1n) is 5.81. The van der Waals surface area contributed by atoms with Crippen LogP contribution < -0.4 is 5.32 Å². The van der Waals surface area contributed by atoms with Gasteiger partial charge in [0.2, 0.25) is 0 Å². The third-order valence-corrected chi connectivity index (χ3v) is 3.27. The summed E-state index contributed by atoms with van der Waals surface area (Å²) in [5.74, 6) is -0.328. The van der Waals surface area contributed by atoms with Crippen molar-refractivity contribution in [2.45, 2.75) is 50.8 Å². The third-order valence-electron chi connectivity index (χ3n) is 3.27. The van der Waals surface area contributed by atoms with Crippen LogP contribution in [0.5, 0.6) is 0 Å². The summed E-state index contributed by atoms with van der Waals surface area (Å²) in [7, 11) is 0. The van der Waals surface area contributed by atoms with Gasteiger partial charge in [-0.15, -0.1) is 0 Å². The van der Waals surface area contributed by atoms with Gasteiger partial charge in [-0.05, 0) is 38.5 Å². The SMILES string of the molecule is CCOC1CC(NC(C(=O)O)C2CC2)C1. The number of rotatable bonds is 6. The summed E-state index contributed by atoms with van der Waals surface area (Å²) in [4.78, 5) is 11.0. The zero-order valence-electron chi connectivity index (χ0n) is 9.11. The zero-order valence-corrected chi connectivity index (χ0v) is 9.11. The minimum Gasteiger partial charge on any atom is -0.480 e. The van der Waals surface area contributed by atoms with Crippen LogP contribution in [0.3, 0.4) is 0 Å². The first-order chi connectivity index (χ1) is 7.20. The van der Waals surface area contributed by atoms with E-state index in [0.29, 0.717) is 18.1 Å². The topological polar surface area (TPSA) is 58.6 Å². The number of ether oxygens (including phenoxy) is 1. The van der Waals surface area contributed by atoms with Crippen LogP contribution in [0.25, 0.3) is 0 Å². The predicted molar refractivity (Wildman–Crippen MR) is 55.7 cm³/mol. The fourth-order valence-electron chi connectivity index (χ4n) is 2.17. The maximum atomic E-state index is 11.0. The average molecular weight is 213 g/mol. The highest BCUT2D eigenvalue weighted by atomic mass is 16.5. The number of nitrogens with one attached hydrogen (secondary N) is 1. The van der Waals surface area contributed by atoms with E-state index in [4.69, 9.17) is 9.84 Å². The van der Waals surface area contributed by atoms with Gasteiger partial charge in [-0.3, -0.25) is 4.79 Å². The van der Waals surface area contributed by atoms with E-state index in [9.17, 15) is 4.79 Å². The lowest BCUT2D eigenvalue weighted by Gasteiger charge is -2.37. The molecular formula is C11H19NO3. The van der Waals surface area contributed by atoms with Crippen LogP contribution >= 0.6 is 0 Å². The van der Waals surface area contributed by atoms with E-state index >= 15 is 0 Å². The number of hydrogen-bond acceptors (Lipinski definition) is 3. The van der Waals surface area contributed by atoms with Gasteiger partial charge >= 0.3 is 5.97 Å². The molecule has 2 rings (SSSR count). The predicted octanol–water partition coefficient (Wildman–Crippen LogP) is 1.01. The van der Waals surface area contributed by atoms with Crippen LogP contribution in [0.2, 0.25) is 0 Å². The highest BCUT2D eigenvalue weighted by molar-refractivity contribution is 5.74. The van der Waals surface area contributed by atoms with Crippen LogP contribution in [0.4, 0.5) is 0 Å². The Labute approximate surface area is 90.0 Å². The van der Waals surface area contributed by atoms with Gasteiger partial charge in [-0.2, -0.15) is 0 Å². The lowest BCUT2D eigenvalue weighted by atomic mass is 9.88. The third kappa shape index (κ3) is 2.69. The largest absolute Gasteiger partial charge is 0.480 e. The zero-order chi connectivity index (χ0) is 10.8. The van der Waals surface area contributed by atoms with Crippen molar-refractivity contribution in [3.8, 4) is 0 Å². The number of carboxylic acid groups (broad SMARTS) is 1. The number of aliphatic carboxylic acids is 1. The highest BCUT2D eigenvalue weighted by Crippen LogP contribution is 2.34. The Bertz CT molecular complexity index is 234. The monoisotopic (exact) mass is 213 g/mol. The van der Waals surface area contributed by atoms with Crippen molar-refractivity contribution in [3.63, 3.8) is 0 Å². The molecule has 2 fully saturated rings. The average Bonchev–Trinajstić information content (AvgIpc) is 2.91. The molecule has 2 aliphatic carbocycles. The van der Waals surface area contributed by atoms with Crippen molar-refractivity contribution in [3.05, 3.63) is 0 Å². The molecule has 0 spiro atoms. The van der Waals surface area contributed by atoms with E-state index in [0.717, 1.165) is 32.3 Å². The lowest BCUT2D eigenvalue weighted by molar-refractivity contribution is -0.141. The molecule has 0 amide bonds. The van der Waals surface area contributed by atoms with Gasteiger partial charge < -0.3 is 15.2 Å². The van der Waals surface area contributed by atoms with Gasteiger partial charge in [-0.1, -0.05) is 0 Å². The normalized spacial score (nSPS) is 32.1. The van der Waals surface area contributed by atoms with Crippen LogP contribution in [-0.4, -0.2) is 35.9 Å². The lowest BCUT2D eigenvalue weighted by Crippen LogP contribution is -2.52. The number of hydrogen-bond donors (Lipinski definition) is 2. The summed E-state index contributed by atoms with van der Waals surface area (Å²) >= 11 is 0. The molecule has 2 saturated carbocycles. The van der Waals surface area contributed by atoms with Gasteiger partial charge in [-0.25, -0.2) is 0 Å². The first kappa shape index (κ1) is 10.9. The molecule has 0 bridgehead atoms. The standard InChI is InChI=1S/C11H19NO3/c1-2-15-9-5-8(6-9)12-10(11(13)14)7-3-4-7/h7-10,12H,2-6H2,1H3,(H,13,14). The smallest absolute Gasteiger partial charge is 0.320 e. The summed E-state index contributed by atoms with van der Waals surface area (Å²) in [5.41, 5.74) is 0. The fourth-order valence-corrected chi connectivity index (χ4v) is 2.17. The summed E-state index contributed by atoms with van der Waals surface area (Å²) in [6.45, 7) is 2.74. The summed E-state index contributed by atoms with van der Waals surface area (Å²) < 4.78 is 5.44. The summed E-state index contributed by atoms with van der Waals surface area (Å²) in [6.07, 6.45) is 4.40. The molecule has 4 heteroatoms. The van der Waals surface area contributed by atoms with E-state index in [1.807, 2.05) is 6.92 Å². The summed E-state index contributed by atoms with van der Waals surface area (Å²) in [6, 6.07) is 0.0285. The first-order valence-corrected chi connectivity index (χ1v) is 5.81. The molecule has 0 saturated heterocycles. The van der Waals surface area contributed by atoms with Crippen molar-refractivity contribution in [1.29, 1.82) is 0 Å². The Morgan fingerprint density at radius 3 is 2.67 bits per heavy atom. The van der Waals surface area contributed by atoms with Gasteiger partial charge in [0.05, 0.1) is 6.10 Å². The second-order valence-electron chi connectivity index (χ2n) is 4.57. The molecule has 2 aliphatic rings. The summed E-state index contributed by atoms with van der Waals surface area (Å²) in [5, 5.41) is 12.3. The molecular weight excluding hydrogens is 194 g/mol. The molecule has 0 aromatic carbocycles. The van der Waals surface area contributed by atoms with Crippen molar-refractivity contribution in [1.82, 2.24) is 5.32 Å². The second-order valence-corrected chi connectivity index (χ2v) is 4.57. The molecule has 1 atom stereocenters. The molecule has 0 aromatic heterocycles. The van der Waals surface area contributed by atoms with E-state index < -0.39 is 5.97 Å². The van der Waals surface area contributed by atoms with E-state index in [2.05, 4.69) is 5.32 Å². The molecule has 86 valence electrons. The van der Waals surface area contributed by atoms with Crippen molar-refractivity contribution < 1.29 is 14.6 Å². The van der Waals surface area contributed by atoms with Crippen LogP contribution in [0.1, 0.15) is 32.6 Å². The second kappa shape index (κ2) is 4.49. The van der Waals surface area contributed by atoms with E-state index in [-0.39, 0.29) is 6.04 Å². The van der Waals surface area contributed by atoms with Gasteiger partial charge in [0.25, 0.3) is 0 Å².